The normalized spacial score (nSPS) is 11.8. The molecule has 0 fully saturated rings. The second-order valence-electron chi connectivity index (χ2n) is 6.96. The topological polar surface area (TPSA) is 88.1 Å². The van der Waals surface area contributed by atoms with Crippen LogP contribution in [0, 0.1) is 0 Å². The molecule has 0 bridgehead atoms. The molecule has 0 amide bonds. The lowest BCUT2D eigenvalue weighted by molar-refractivity contribution is 0.219. The van der Waals surface area contributed by atoms with Crippen molar-refractivity contribution in [3.05, 3.63) is 78.4 Å². The first-order chi connectivity index (χ1) is 15.8. The van der Waals surface area contributed by atoms with Crippen LogP contribution in [0.15, 0.2) is 82.6 Å². The molecule has 0 aliphatic rings. The molecule has 0 atom stereocenters. The van der Waals surface area contributed by atoms with Gasteiger partial charge in [-0.25, -0.2) is 8.42 Å². The van der Waals surface area contributed by atoms with Crippen LogP contribution in [0.2, 0.25) is 0 Å². The molecule has 0 aliphatic heterocycles. The van der Waals surface area contributed by atoms with Crippen molar-refractivity contribution in [1.29, 1.82) is 0 Å². The van der Waals surface area contributed by atoms with Crippen LogP contribution in [0.4, 0.5) is 0 Å². The van der Waals surface area contributed by atoms with E-state index in [0.717, 1.165) is 0 Å². The van der Waals surface area contributed by atoms with E-state index in [1.54, 1.807) is 75.6 Å². The van der Waals surface area contributed by atoms with Crippen molar-refractivity contribution in [1.82, 2.24) is 0 Å². The zero-order chi connectivity index (χ0) is 23.9. The van der Waals surface area contributed by atoms with Crippen molar-refractivity contribution in [3.8, 4) is 17.2 Å². The van der Waals surface area contributed by atoms with Crippen molar-refractivity contribution < 1.29 is 31.5 Å². The molecule has 0 unspecified atom stereocenters. The minimum absolute atomic E-state index is 0.0634. The molecule has 0 saturated carbocycles. The SMILES string of the molecule is CCOP(=O)(Cc1ccccc1S(=O)(=O)c1ccc(Oc2ccc(OC)cc2)cc1)OCC. The Morgan fingerprint density at radius 3 is 1.82 bits per heavy atom. The van der Waals surface area contributed by atoms with Gasteiger partial charge in [0, 0.05) is 0 Å². The van der Waals surface area contributed by atoms with Gasteiger partial charge < -0.3 is 18.5 Å². The Hall–Kier alpha value is -2.64. The van der Waals surface area contributed by atoms with Crippen molar-refractivity contribution in [3.63, 3.8) is 0 Å². The standard InChI is InChI=1S/C24H27O7PS/c1-4-29-32(25,30-5-2)18-19-8-6-7-9-24(19)33(26,27)23-16-14-22(15-17-23)31-21-12-10-20(28-3)11-13-21/h6-17H,4-5,18H2,1-3H3. The summed E-state index contributed by atoms with van der Waals surface area (Å²) >= 11 is 0. The molecule has 3 aromatic carbocycles. The number of benzene rings is 3. The number of methoxy groups -OCH3 is 1. The first kappa shape index (κ1) is 25.0. The maximum Gasteiger partial charge on any atom is 0.335 e. The molecule has 7 nitrogen and oxygen atoms in total. The van der Waals surface area contributed by atoms with Crippen LogP contribution in [-0.4, -0.2) is 28.7 Å². The number of ether oxygens (including phenoxy) is 2. The van der Waals surface area contributed by atoms with Gasteiger partial charge in [0.1, 0.15) is 17.2 Å². The second-order valence-corrected chi connectivity index (χ2v) is 10.9. The van der Waals surface area contributed by atoms with Gasteiger partial charge in [-0.05, 0) is 74.0 Å². The minimum atomic E-state index is -3.87. The third kappa shape index (κ3) is 6.24. The third-order valence-electron chi connectivity index (χ3n) is 4.71. The van der Waals surface area contributed by atoms with E-state index < -0.39 is 17.4 Å². The molecule has 3 aromatic rings. The van der Waals surface area contributed by atoms with Crippen LogP contribution < -0.4 is 9.47 Å². The van der Waals surface area contributed by atoms with Crippen molar-refractivity contribution in [2.75, 3.05) is 20.3 Å². The highest BCUT2D eigenvalue weighted by molar-refractivity contribution is 7.91. The molecular formula is C24H27O7PS. The van der Waals surface area contributed by atoms with Gasteiger partial charge in [-0.15, -0.1) is 0 Å². The van der Waals surface area contributed by atoms with E-state index in [9.17, 15) is 13.0 Å². The number of hydrogen-bond acceptors (Lipinski definition) is 7. The van der Waals surface area contributed by atoms with Gasteiger partial charge in [-0.1, -0.05) is 18.2 Å². The second kappa shape index (κ2) is 11.0. The Morgan fingerprint density at radius 1 is 0.758 bits per heavy atom. The average molecular weight is 491 g/mol. The lowest BCUT2D eigenvalue weighted by Crippen LogP contribution is -2.07. The van der Waals surface area contributed by atoms with Gasteiger partial charge in [0.05, 0.1) is 36.3 Å². The molecule has 0 spiro atoms. The van der Waals surface area contributed by atoms with Gasteiger partial charge in [-0.3, -0.25) is 4.57 Å². The van der Waals surface area contributed by atoms with Crippen LogP contribution in [-0.2, 0) is 29.6 Å². The Kier molecular flexibility index (Phi) is 8.32. The van der Waals surface area contributed by atoms with E-state index in [2.05, 4.69) is 0 Å². The first-order valence-corrected chi connectivity index (χ1v) is 13.7. The molecule has 9 heteroatoms. The fourth-order valence-electron chi connectivity index (χ4n) is 3.22. The Balaban J connectivity index is 1.86. The number of hydrogen-bond donors (Lipinski definition) is 0. The van der Waals surface area contributed by atoms with Crippen LogP contribution in [0.3, 0.4) is 0 Å². The summed E-state index contributed by atoms with van der Waals surface area (Å²) in [5.74, 6) is 1.80. The van der Waals surface area contributed by atoms with Crippen LogP contribution in [0.1, 0.15) is 19.4 Å². The Morgan fingerprint density at radius 2 is 1.27 bits per heavy atom. The summed E-state index contributed by atoms with van der Waals surface area (Å²) < 4.78 is 61.3. The molecule has 0 aliphatic carbocycles. The van der Waals surface area contributed by atoms with Gasteiger partial charge >= 0.3 is 7.60 Å². The quantitative estimate of drug-likeness (QED) is 0.301. The highest BCUT2D eigenvalue weighted by Gasteiger charge is 2.29. The molecular weight excluding hydrogens is 463 g/mol. The summed E-state index contributed by atoms with van der Waals surface area (Å²) in [6.07, 6.45) is -0.136. The van der Waals surface area contributed by atoms with Gasteiger partial charge in [0.2, 0.25) is 9.84 Å². The Bertz CT molecular complexity index is 1200. The van der Waals surface area contributed by atoms with Crippen LogP contribution in [0.25, 0.3) is 0 Å². The highest BCUT2D eigenvalue weighted by Crippen LogP contribution is 2.52. The maximum absolute atomic E-state index is 13.4. The zero-order valence-electron chi connectivity index (χ0n) is 18.8. The van der Waals surface area contributed by atoms with Crippen LogP contribution >= 0.6 is 7.60 Å². The summed E-state index contributed by atoms with van der Waals surface area (Å²) in [7, 11) is -5.77. The van der Waals surface area contributed by atoms with E-state index in [1.807, 2.05) is 0 Å². The molecule has 0 N–H and O–H groups in total. The van der Waals surface area contributed by atoms with Gasteiger partial charge in [0.15, 0.2) is 0 Å². The first-order valence-electron chi connectivity index (χ1n) is 10.4. The molecule has 0 radical (unpaired) electrons. The summed E-state index contributed by atoms with van der Waals surface area (Å²) in [5.41, 5.74) is 0.376. The smallest absolute Gasteiger partial charge is 0.335 e. The summed E-state index contributed by atoms with van der Waals surface area (Å²) in [5, 5.41) is 0. The highest BCUT2D eigenvalue weighted by atomic mass is 32.2. The van der Waals surface area contributed by atoms with Gasteiger partial charge in [-0.2, -0.15) is 0 Å². The predicted molar refractivity (Wildman–Crippen MR) is 126 cm³/mol. The molecule has 3 rings (SSSR count). The van der Waals surface area contributed by atoms with Crippen molar-refractivity contribution in [2.24, 2.45) is 0 Å². The lowest BCUT2D eigenvalue weighted by atomic mass is 10.2. The fraction of sp³-hybridized carbons (Fsp3) is 0.250. The van der Waals surface area contributed by atoms with Gasteiger partial charge in [0.25, 0.3) is 0 Å². The maximum atomic E-state index is 13.4. The molecule has 0 aromatic heterocycles. The van der Waals surface area contributed by atoms with E-state index in [1.165, 1.54) is 18.2 Å². The summed E-state index contributed by atoms with van der Waals surface area (Å²) in [6.45, 7) is 3.82. The lowest BCUT2D eigenvalue weighted by Gasteiger charge is -2.18. The number of sulfone groups is 1. The minimum Gasteiger partial charge on any atom is -0.497 e. The zero-order valence-corrected chi connectivity index (χ0v) is 20.5. The monoisotopic (exact) mass is 490 g/mol. The predicted octanol–water partition coefficient (Wildman–Crippen LogP) is 6.09. The molecule has 176 valence electrons. The van der Waals surface area contributed by atoms with Crippen molar-refractivity contribution in [2.45, 2.75) is 29.8 Å². The largest absolute Gasteiger partial charge is 0.497 e. The van der Waals surface area contributed by atoms with E-state index in [4.69, 9.17) is 18.5 Å². The molecule has 0 heterocycles. The summed E-state index contributed by atoms with van der Waals surface area (Å²) in [4.78, 5) is 0.160. The molecule has 33 heavy (non-hydrogen) atoms. The Labute approximate surface area is 194 Å². The third-order valence-corrected chi connectivity index (χ3v) is 8.61. The molecule has 0 saturated heterocycles. The summed E-state index contributed by atoms with van der Waals surface area (Å²) in [6, 6.07) is 19.6. The number of rotatable bonds is 11. The van der Waals surface area contributed by atoms with Crippen molar-refractivity contribution >= 4 is 17.4 Å². The van der Waals surface area contributed by atoms with E-state index in [0.29, 0.717) is 22.8 Å². The van der Waals surface area contributed by atoms with Crippen LogP contribution in [0.5, 0.6) is 17.2 Å². The average Bonchev–Trinajstić information content (AvgIpc) is 2.80. The fourth-order valence-corrected chi connectivity index (χ4v) is 6.56. The van der Waals surface area contributed by atoms with E-state index >= 15 is 0 Å². The van der Waals surface area contributed by atoms with E-state index in [-0.39, 0.29) is 29.2 Å².